The lowest BCUT2D eigenvalue weighted by molar-refractivity contribution is -0.132. The highest BCUT2D eigenvalue weighted by molar-refractivity contribution is 6.01. The van der Waals surface area contributed by atoms with Crippen LogP contribution >= 0.6 is 0 Å². The lowest BCUT2D eigenvalue weighted by atomic mass is 9.78. The molecule has 35 heavy (non-hydrogen) atoms. The van der Waals surface area contributed by atoms with E-state index in [1.54, 1.807) is 6.07 Å². The van der Waals surface area contributed by atoms with Gasteiger partial charge >= 0.3 is 5.97 Å². The van der Waals surface area contributed by atoms with E-state index >= 15 is 0 Å². The molecule has 6 nitrogen and oxygen atoms in total. The average molecular weight is 469 g/mol. The van der Waals surface area contributed by atoms with Crippen LogP contribution in [0.5, 0.6) is 11.5 Å². The van der Waals surface area contributed by atoms with Gasteiger partial charge in [0.2, 0.25) is 0 Å². The van der Waals surface area contributed by atoms with Crippen molar-refractivity contribution >= 4 is 23.1 Å². The summed E-state index contributed by atoms with van der Waals surface area (Å²) in [5.74, 6) is 0.586. The zero-order valence-corrected chi connectivity index (χ0v) is 20.1. The van der Waals surface area contributed by atoms with Crippen molar-refractivity contribution in [2.75, 3.05) is 17.7 Å². The van der Waals surface area contributed by atoms with Crippen molar-refractivity contribution in [3.05, 3.63) is 94.7 Å². The van der Waals surface area contributed by atoms with Gasteiger partial charge in [0.1, 0.15) is 0 Å². The zero-order chi connectivity index (χ0) is 24.5. The van der Waals surface area contributed by atoms with Crippen LogP contribution in [0.25, 0.3) is 0 Å². The molecule has 1 aliphatic heterocycles. The number of ketones is 1. The fraction of sp³-hybridized carbons (Fsp3) is 0.241. The summed E-state index contributed by atoms with van der Waals surface area (Å²) in [6.07, 6.45) is 1.18. The average Bonchev–Trinajstić information content (AvgIpc) is 3.01. The van der Waals surface area contributed by atoms with Gasteiger partial charge in [-0.3, -0.25) is 9.59 Å². The maximum Gasteiger partial charge on any atom is 0.308 e. The molecule has 0 fully saturated rings. The number of methoxy groups -OCH3 is 1. The van der Waals surface area contributed by atoms with E-state index in [0.29, 0.717) is 17.9 Å². The van der Waals surface area contributed by atoms with E-state index in [0.717, 1.165) is 34.6 Å². The van der Waals surface area contributed by atoms with Crippen LogP contribution in [0, 0.1) is 6.92 Å². The molecule has 3 aromatic carbocycles. The molecule has 5 rings (SSSR count). The van der Waals surface area contributed by atoms with Crippen LogP contribution in [-0.4, -0.2) is 18.9 Å². The number of aryl methyl sites for hydroxylation is 1. The van der Waals surface area contributed by atoms with Crippen molar-refractivity contribution in [3.8, 4) is 11.5 Å². The highest BCUT2D eigenvalue weighted by Gasteiger charge is 2.36. The maximum absolute atomic E-state index is 13.7. The van der Waals surface area contributed by atoms with Gasteiger partial charge in [-0.05, 0) is 54.7 Å². The Kier molecular flexibility index (Phi) is 6.03. The summed E-state index contributed by atoms with van der Waals surface area (Å²) < 4.78 is 10.8. The zero-order valence-electron chi connectivity index (χ0n) is 20.1. The van der Waals surface area contributed by atoms with Crippen LogP contribution in [-0.2, 0) is 9.59 Å². The van der Waals surface area contributed by atoms with Gasteiger partial charge in [-0.15, -0.1) is 0 Å². The molecule has 1 aliphatic carbocycles. The van der Waals surface area contributed by atoms with Crippen molar-refractivity contribution in [2.45, 2.75) is 38.6 Å². The van der Waals surface area contributed by atoms with Crippen molar-refractivity contribution in [1.82, 2.24) is 0 Å². The Morgan fingerprint density at radius 3 is 2.34 bits per heavy atom. The number of ether oxygens (including phenoxy) is 2. The first kappa shape index (κ1) is 22.7. The van der Waals surface area contributed by atoms with Gasteiger partial charge in [0.25, 0.3) is 0 Å². The van der Waals surface area contributed by atoms with Crippen LogP contribution in [0.3, 0.4) is 0 Å². The van der Waals surface area contributed by atoms with E-state index in [9.17, 15) is 9.59 Å². The predicted octanol–water partition coefficient (Wildman–Crippen LogP) is 5.91. The third-order valence-electron chi connectivity index (χ3n) is 6.63. The Bertz CT molecular complexity index is 1330. The number of esters is 1. The number of hydrogen-bond donors (Lipinski definition) is 2. The molecule has 0 saturated heterocycles. The fourth-order valence-corrected chi connectivity index (χ4v) is 4.92. The topological polar surface area (TPSA) is 76.7 Å². The number of fused-ring (bicyclic) bond motifs is 1. The summed E-state index contributed by atoms with van der Waals surface area (Å²) in [7, 11) is 1.53. The lowest BCUT2D eigenvalue weighted by Gasteiger charge is -2.30. The Morgan fingerprint density at radius 1 is 0.914 bits per heavy atom. The Morgan fingerprint density at radius 2 is 1.63 bits per heavy atom. The van der Waals surface area contributed by atoms with Crippen molar-refractivity contribution in [1.29, 1.82) is 0 Å². The number of carbonyl (C=O) groups is 2. The van der Waals surface area contributed by atoms with Gasteiger partial charge in [0, 0.05) is 24.6 Å². The van der Waals surface area contributed by atoms with Gasteiger partial charge in [0.15, 0.2) is 17.3 Å². The highest BCUT2D eigenvalue weighted by Crippen LogP contribution is 2.45. The van der Waals surface area contributed by atoms with Crippen LogP contribution in [0.1, 0.15) is 48.4 Å². The summed E-state index contributed by atoms with van der Waals surface area (Å²) in [6, 6.07) is 21.4. The first-order valence-corrected chi connectivity index (χ1v) is 11.7. The van der Waals surface area contributed by atoms with Crippen LogP contribution in [0.2, 0.25) is 0 Å². The molecule has 1 heterocycles. The molecule has 0 bridgehead atoms. The molecular formula is C29H28N2O4. The number of para-hydroxylation sites is 2. The van der Waals surface area contributed by atoms with Gasteiger partial charge < -0.3 is 20.1 Å². The molecule has 2 aliphatic rings. The minimum atomic E-state index is -0.420. The van der Waals surface area contributed by atoms with Crippen molar-refractivity contribution < 1.29 is 19.1 Å². The van der Waals surface area contributed by atoms with Crippen LogP contribution in [0.4, 0.5) is 11.4 Å². The van der Waals surface area contributed by atoms with Gasteiger partial charge in [-0.2, -0.15) is 0 Å². The van der Waals surface area contributed by atoms with E-state index in [1.807, 2.05) is 36.4 Å². The molecule has 0 saturated carbocycles. The van der Waals surface area contributed by atoms with Crippen molar-refractivity contribution in [2.24, 2.45) is 0 Å². The van der Waals surface area contributed by atoms with E-state index in [4.69, 9.17) is 9.47 Å². The number of hydrogen-bond acceptors (Lipinski definition) is 6. The van der Waals surface area contributed by atoms with E-state index in [1.165, 1.54) is 25.2 Å². The molecule has 2 unspecified atom stereocenters. The molecule has 0 spiro atoms. The van der Waals surface area contributed by atoms with E-state index < -0.39 is 5.97 Å². The summed E-state index contributed by atoms with van der Waals surface area (Å²) in [4.78, 5) is 25.2. The summed E-state index contributed by atoms with van der Waals surface area (Å²) >= 11 is 0. The fourth-order valence-electron chi connectivity index (χ4n) is 4.92. The van der Waals surface area contributed by atoms with Gasteiger partial charge in [0.05, 0.1) is 24.5 Å². The Hall–Kier alpha value is -4.06. The van der Waals surface area contributed by atoms with Crippen LogP contribution in [0.15, 0.2) is 78.0 Å². The van der Waals surface area contributed by atoms with Crippen LogP contribution < -0.4 is 20.1 Å². The summed E-state index contributed by atoms with van der Waals surface area (Å²) in [5, 5.41) is 7.14. The number of allylic oxidation sites excluding steroid dienone is 1. The van der Waals surface area contributed by atoms with E-state index in [-0.39, 0.29) is 17.7 Å². The molecule has 0 aromatic heterocycles. The third kappa shape index (κ3) is 4.52. The van der Waals surface area contributed by atoms with Gasteiger partial charge in [-0.1, -0.05) is 48.0 Å². The minimum Gasteiger partial charge on any atom is -0.493 e. The largest absolute Gasteiger partial charge is 0.493 e. The second-order valence-corrected chi connectivity index (χ2v) is 9.08. The molecule has 3 aromatic rings. The molecule has 0 radical (unpaired) electrons. The summed E-state index contributed by atoms with van der Waals surface area (Å²) in [5.41, 5.74) is 6.73. The van der Waals surface area contributed by atoms with Gasteiger partial charge in [-0.25, -0.2) is 0 Å². The second-order valence-electron chi connectivity index (χ2n) is 9.08. The second kappa shape index (κ2) is 9.29. The number of rotatable bonds is 4. The standard InChI is InChI=1S/C29H28N2O4/c1-17-8-10-19(11-9-17)21-14-24-28(25(33)15-21)29(31-23-7-5-4-6-22(23)30-24)20-12-13-26(35-18(2)32)27(16-20)34-3/h4-13,16,21,29-31H,14-15H2,1-3H3. The molecule has 0 amide bonds. The molecule has 2 atom stereocenters. The normalized spacial score (nSPS) is 19.0. The predicted molar refractivity (Wildman–Crippen MR) is 136 cm³/mol. The summed E-state index contributed by atoms with van der Waals surface area (Å²) in [6.45, 7) is 3.42. The third-order valence-corrected chi connectivity index (χ3v) is 6.63. The number of benzene rings is 3. The first-order chi connectivity index (χ1) is 16.9. The Labute approximate surface area is 205 Å². The highest BCUT2D eigenvalue weighted by atomic mass is 16.6. The minimum absolute atomic E-state index is 0.109. The van der Waals surface area contributed by atoms with E-state index in [2.05, 4.69) is 41.8 Å². The number of anilines is 2. The Balaban J connectivity index is 1.59. The maximum atomic E-state index is 13.7. The van der Waals surface area contributed by atoms with Crippen molar-refractivity contribution in [3.63, 3.8) is 0 Å². The monoisotopic (exact) mass is 468 g/mol. The molecule has 178 valence electrons. The molecule has 2 N–H and O–H groups in total. The number of Topliss-reactive ketones (excluding diaryl/α,β-unsaturated/α-hetero) is 1. The smallest absolute Gasteiger partial charge is 0.308 e. The number of nitrogens with one attached hydrogen (secondary N) is 2. The molecule has 6 heteroatoms. The molecular weight excluding hydrogens is 440 g/mol. The first-order valence-electron chi connectivity index (χ1n) is 11.7. The SMILES string of the molecule is COc1cc(C2Nc3ccccc3NC3=C2C(=O)CC(c2ccc(C)cc2)C3)ccc1OC(C)=O. The lowest BCUT2D eigenvalue weighted by Crippen LogP contribution is -2.27. The number of carbonyl (C=O) groups excluding carboxylic acids is 2. The quantitative estimate of drug-likeness (QED) is 0.366.